The molecule has 1 unspecified atom stereocenters. The van der Waals surface area contributed by atoms with Gasteiger partial charge in [0.05, 0.1) is 13.2 Å². The zero-order chi connectivity index (χ0) is 21.9. The predicted octanol–water partition coefficient (Wildman–Crippen LogP) is 3.67. The number of amides is 3. The highest BCUT2D eigenvalue weighted by molar-refractivity contribution is 6.30. The molecule has 0 saturated carbocycles. The molecule has 30 heavy (non-hydrogen) atoms. The van der Waals surface area contributed by atoms with E-state index in [4.69, 9.17) is 16.3 Å². The predicted molar refractivity (Wildman–Crippen MR) is 120 cm³/mol. The van der Waals surface area contributed by atoms with Crippen LogP contribution in [0.3, 0.4) is 0 Å². The summed E-state index contributed by atoms with van der Waals surface area (Å²) in [4.78, 5) is 26.1. The number of ether oxygens (including phenoxy) is 1. The van der Waals surface area contributed by atoms with Gasteiger partial charge in [0, 0.05) is 35.8 Å². The van der Waals surface area contributed by atoms with Gasteiger partial charge in [-0.25, -0.2) is 4.79 Å². The number of para-hydroxylation sites is 1. The van der Waals surface area contributed by atoms with Gasteiger partial charge in [0.25, 0.3) is 0 Å². The molecule has 0 saturated heterocycles. The van der Waals surface area contributed by atoms with E-state index in [0.29, 0.717) is 36.6 Å². The molecule has 0 radical (unpaired) electrons. The van der Waals surface area contributed by atoms with Crippen molar-refractivity contribution in [3.05, 3.63) is 59.1 Å². The molecule has 0 heterocycles. The Balaban J connectivity index is 1.72. The second kappa shape index (κ2) is 12.0. The van der Waals surface area contributed by atoms with E-state index in [1.165, 1.54) is 0 Å². The van der Waals surface area contributed by atoms with Crippen molar-refractivity contribution < 1.29 is 14.3 Å². The highest BCUT2D eigenvalue weighted by Gasteiger charge is 2.18. The van der Waals surface area contributed by atoms with Crippen LogP contribution >= 0.6 is 11.6 Å². The van der Waals surface area contributed by atoms with E-state index in [9.17, 15) is 9.59 Å². The lowest BCUT2D eigenvalue weighted by Gasteiger charge is -2.26. The third-order valence-corrected chi connectivity index (χ3v) is 4.82. The van der Waals surface area contributed by atoms with Crippen molar-refractivity contribution in [2.24, 2.45) is 0 Å². The number of urea groups is 1. The Labute approximate surface area is 182 Å². The Morgan fingerprint density at radius 2 is 1.77 bits per heavy atom. The van der Waals surface area contributed by atoms with Gasteiger partial charge < -0.3 is 25.6 Å². The second-order valence-electron chi connectivity index (χ2n) is 7.02. The van der Waals surface area contributed by atoms with E-state index in [2.05, 4.69) is 16.0 Å². The number of benzene rings is 2. The molecule has 0 aliphatic carbocycles. The van der Waals surface area contributed by atoms with Crippen molar-refractivity contribution in [3.8, 4) is 5.75 Å². The maximum absolute atomic E-state index is 12.1. The number of carbonyl (C=O) groups is 2. The SMILES string of the molecule is COc1ccccc1C(CNC(=O)NCCCC(=O)Nc1ccc(Cl)cc1)N(C)C. The smallest absolute Gasteiger partial charge is 0.314 e. The molecule has 0 bridgehead atoms. The number of nitrogens with one attached hydrogen (secondary N) is 3. The van der Waals surface area contributed by atoms with Gasteiger partial charge in [-0.1, -0.05) is 29.8 Å². The maximum atomic E-state index is 12.1. The lowest BCUT2D eigenvalue weighted by atomic mass is 10.0. The van der Waals surface area contributed by atoms with Crippen molar-refractivity contribution in [2.45, 2.75) is 18.9 Å². The number of anilines is 1. The first-order valence-corrected chi connectivity index (χ1v) is 10.1. The Morgan fingerprint density at radius 3 is 2.43 bits per heavy atom. The monoisotopic (exact) mass is 432 g/mol. The third-order valence-electron chi connectivity index (χ3n) is 4.57. The molecule has 2 rings (SSSR count). The fraction of sp³-hybridized carbons (Fsp3) is 0.364. The molecule has 1 atom stereocenters. The lowest BCUT2D eigenvalue weighted by molar-refractivity contribution is -0.116. The molecular formula is C22H29ClN4O3. The summed E-state index contributed by atoms with van der Waals surface area (Å²) < 4.78 is 5.43. The Hall–Kier alpha value is -2.77. The van der Waals surface area contributed by atoms with Crippen molar-refractivity contribution >= 4 is 29.2 Å². The van der Waals surface area contributed by atoms with Crippen LogP contribution in [0.25, 0.3) is 0 Å². The van der Waals surface area contributed by atoms with E-state index in [0.717, 1.165) is 11.3 Å². The number of nitrogens with zero attached hydrogens (tertiary/aromatic N) is 1. The minimum Gasteiger partial charge on any atom is -0.496 e. The molecule has 7 nitrogen and oxygen atoms in total. The van der Waals surface area contributed by atoms with E-state index in [-0.39, 0.29) is 18.0 Å². The van der Waals surface area contributed by atoms with Crippen LogP contribution in [0, 0.1) is 0 Å². The first-order chi connectivity index (χ1) is 14.4. The molecule has 2 aromatic rings. The van der Waals surface area contributed by atoms with Crippen LogP contribution in [0.15, 0.2) is 48.5 Å². The van der Waals surface area contributed by atoms with Gasteiger partial charge in [0.2, 0.25) is 5.91 Å². The number of methoxy groups -OCH3 is 1. The van der Waals surface area contributed by atoms with Gasteiger partial charge in [-0.3, -0.25) is 4.79 Å². The van der Waals surface area contributed by atoms with E-state index in [1.54, 1.807) is 31.4 Å². The highest BCUT2D eigenvalue weighted by atomic mass is 35.5. The van der Waals surface area contributed by atoms with Crippen LogP contribution in [0.4, 0.5) is 10.5 Å². The molecule has 0 aliphatic rings. The fourth-order valence-corrected chi connectivity index (χ4v) is 3.10. The normalized spacial score (nSPS) is 11.6. The van der Waals surface area contributed by atoms with Crippen LogP contribution in [-0.4, -0.2) is 51.1 Å². The average Bonchev–Trinajstić information content (AvgIpc) is 2.73. The number of carbonyl (C=O) groups excluding carboxylic acids is 2. The van der Waals surface area contributed by atoms with Crippen molar-refractivity contribution in [2.75, 3.05) is 39.6 Å². The molecule has 3 amide bonds. The van der Waals surface area contributed by atoms with Gasteiger partial charge in [-0.2, -0.15) is 0 Å². The van der Waals surface area contributed by atoms with Crippen molar-refractivity contribution in [3.63, 3.8) is 0 Å². The summed E-state index contributed by atoms with van der Waals surface area (Å²) in [5.74, 6) is 0.675. The summed E-state index contributed by atoms with van der Waals surface area (Å²) in [6, 6.07) is 14.4. The molecule has 0 fully saturated rings. The maximum Gasteiger partial charge on any atom is 0.314 e. The first-order valence-electron chi connectivity index (χ1n) is 9.77. The summed E-state index contributed by atoms with van der Waals surface area (Å²) in [5.41, 5.74) is 1.70. The first kappa shape index (κ1) is 23.5. The average molecular weight is 433 g/mol. The van der Waals surface area contributed by atoms with E-state index in [1.807, 2.05) is 43.3 Å². The Morgan fingerprint density at radius 1 is 1.07 bits per heavy atom. The number of hydrogen-bond acceptors (Lipinski definition) is 4. The number of halogens is 1. The van der Waals surface area contributed by atoms with Gasteiger partial charge in [0.1, 0.15) is 5.75 Å². The van der Waals surface area contributed by atoms with Crippen molar-refractivity contribution in [1.82, 2.24) is 15.5 Å². The molecule has 8 heteroatoms. The molecule has 0 aliphatic heterocycles. The minimum atomic E-state index is -0.269. The lowest BCUT2D eigenvalue weighted by Crippen LogP contribution is -2.41. The highest BCUT2D eigenvalue weighted by Crippen LogP contribution is 2.27. The zero-order valence-corrected chi connectivity index (χ0v) is 18.3. The van der Waals surface area contributed by atoms with Crippen LogP contribution in [0.5, 0.6) is 5.75 Å². The number of rotatable bonds is 10. The summed E-state index contributed by atoms with van der Waals surface area (Å²) in [6.45, 7) is 0.831. The largest absolute Gasteiger partial charge is 0.496 e. The van der Waals surface area contributed by atoms with Crippen molar-refractivity contribution in [1.29, 1.82) is 0 Å². The minimum absolute atomic E-state index is 0.0305. The van der Waals surface area contributed by atoms with Crippen LogP contribution in [0.1, 0.15) is 24.4 Å². The van der Waals surface area contributed by atoms with E-state index >= 15 is 0 Å². The second-order valence-corrected chi connectivity index (χ2v) is 7.45. The topological polar surface area (TPSA) is 82.7 Å². The molecule has 162 valence electrons. The molecular weight excluding hydrogens is 404 g/mol. The summed E-state index contributed by atoms with van der Waals surface area (Å²) >= 11 is 5.82. The zero-order valence-electron chi connectivity index (χ0n) is 17.6. The molecule has 2 aromatic carbocycles. The van der Waals surface area contributed by atoms with Crippen LogP contribution in [-0.2, 0) is 4.79 Å². The molecule has 0 aromatic heterocycles. The third kappa shape index (κ3) is 7.57. The van der Waals surface area contributed by atoms with Crippen LogP contribution in [0.2, 0.25) is 5.02 Å². The molecule has 3 N–H and O–H groups in total. The van der Waals surface area contributed by atoms with Crippen LogP contribution < -0.4 is 20.7 Å². The van der Waals surface area contributed by atoms with Gasteiger partial charge in [0.15, 0.2) is 0 Å². The van der Waals surface area contributed by atoms with E-state index < -0.39 is 0 Å². The summed E-state index contributed by atoms with van der Waals surface area (Å²) in [5, 5.41) is 9.08. The van der Waals surface area contributed by atoms with Gasteiger partial charge in [-0.05, 0) is 50.8 Å². The fourth-order valence-electron chi connectivity index (χ4n) is 2.97. The summed E-state index contributed by atoms with van der Waals surface area (Å²) in [6.07, 6.45) is 0.848. The number of likely N-dealkylation sites (N-methyl/N-ethyl adjacent to an activating group) is 1. The molecule has 0 spiro atoms. The Kier molecular flexibility index (Phi) is 9.44. The standard InChI is InChI=1S/C22H29ClN4O3/c1-27(2)19(18-7-4-5-8-20(18)30-3)15-25-22(29)24-14-6-9-21(28)26-17-12-10-16(23)11-13-17/h4-5,7-8,10-13,19H,6,9,14-15H2,1-3H3,(H,26,28)(H2,24,25,29). The Bertz CT molecular complexity index is 827. The number of hydrogen-bond donors (Lipinski definition) is 3. The summed E-state index contributed by atoms with van der Waals surface area (Å²) in [7, 11) is 5.54. The quantitative estimate of drug-likeness (QED) is 0.500. The van der Waals surface area contributed by atoms with Gasteiger partial charge >= 0.3 is 6.03 Å². The van der Waals surface area contributed by atoms with Gasteiger partial charge in [-0.15, -0.1) is 0 Å².